The van der Waals surface area contributed by atoms with E-state index < -0.39 is 0 Å². The Labute approximate surface area is 97.5 Å². The number of rotatable bonds is 6. The number of likely N-dealkylation sites (N-methyl/N-ethyl adjacent to an activating group) is 1. The first-order chi connectivity index (χ1) is 7.67. The van der Waals surface area contributed by atoms with E-state index >= 15 is 0 Å². The largest absolute Gasteiger partial charge is 0.378 e. The van der Waals surface area contributed by atoms with Crippen molar-refractivity contribution < 1.29 is 4.74 Å². The van der Waals surface area contributed by atoms with Gasteiger partial charge in [0.2, 0.25) is 0 Å². The number of hydrogen-bond donors (Lipinski definition) is 1. The van der Waals surface area contributed by atoms with E-state index in [1.165, 1.54) is 0 Å². The summed E-state index contributed by atoms with van der Waals surface area (Å²) >= 11 is 0. The van der Waals surface area contributed by atoms with Gasteiger partial charge in [0.1, 0.15) is 5.82 Å². The Morgan fingerprint density at radius 2 is 2.12 bits per heavy atom. The van der Waals surface area contributed by atoms with Gasteiger partial charge in [-0.1, -0.05) is 13.8 Å². The molecule has 0 aliphatic heterocycles. The van der Waals surface area contributed by atoms with Crippen molar-refractivity contribution in [2.45, 2.75) is 32.8 Å². The second-order valence-electron chi connectivity index (χ2n) is 4.14. The van der Waals surface area contributed by atoms with Crippen molar-refractivity contribution in [2.24, 2.45) is 0 Å². The van der Waals surface area contributed by atoms with Crippen LogP contribution >= 0.6 is 0 Å². The van der Waals surface area contributed by atoms with Crippen LogP contribution in [0.15, 0.2) is 6.07 Å². The molecule has 1 rings (SSSR count). The number of nitrogens with zero attached hydrogens (tertiary/aromatic N) is 2. The Hall–Kier alpha value is -1.00. The summed E-state index contributed by atoms with van der Waals surface area (Å²) in [7, 11) is 3.62. The van der Waals surface area contributed by atoms with Crippen LogP contribution in [0.2, 0.25) is 0 Å². The average Bonchev–Trinajstić information content (AvgIpc) is 2.26. The monoisotopic (exact) mass is 223 g/mol. The predicted molar refractivity (Wildman–Crippen MR) is 64.5 cm³/mol. The van der Waals surface area contributed by atoms with E-state index in [1.54, 1.807) is 7.11 Å². The van der Waals surface area contributed by atoms with Gasteiger partial charge in [-0.3, -0.25) is 0 Å². The van der Waals surface area contributed by atoms with Crippen molar-refractivity contribution in [3.8, 4) is 0 Å². The Balaban J connectivity index is 2.89. The first-order valence-electron chi connectivity index (χ1n) is 5.67. The summed E-state index contributed by atoms with van der Waals surface area (Å²) in [4.78, 5) is 9.01. The number of aromatic nitrogens is 2. The fourth-order valence-corrected chi connectivity index (χ4v) is 1.44. The van der Waals surface area contributed by atoms with E-state index in [4.69, 9.17) is 4.74 Å². The minimum absolute atomic E-state index is 0.423. The summed E-state index contributed by atoms with van der Waals surface area (Å²) in [5, 5.41) is 3.11. The van der Waals surface area contributed by atoms with Crippen LogP contribution in [0.4, 0.5) is 0 Å². The molecule has 0 spiro atoms. The number of hydrogen-bond acceptors (Lipinski definition) is 4. The van der Waals surface area contributed by atoms with E-state index in [2.05, 4.69) is 29.1 Å². The van der Waals surface area contributed by atoms with E-state index in [0.717, 1.165) is 30.2 Å². The maximum atomic E-state index is 5.12. The van der Waals surface area contributed by atoms with Gasteiger partial charge in [-0.25, -0.2) is 9.97 Å². The molecule has 0 radical (unpaired) electrons. The minimum Gasteiger partial charge on any atom is -0.378 e. The van der Waals surface area contributed by atoms with Crippen LogP contribution < -0.4 is 5.32 Å². The predicted octanol–water partition coefficient (Wildman–Crippen LogP) is 1.51. The van der Waals surface area contributed by atoms with Crippen LogP contribution in [0.1, 0.15) is 37.0 Å². The maximum Gasteiger partial charge on any atom is 0.130 e. The zero-order chi connectivity index (χ0) is 12.0. The fraction of sp³-hybridized carbons (Fsp3) is 0.667. The van der Waals surface area contributed by atoms with Gasteiger partial charge in [0.15, 0.2) is 0 Å². The SMILES string of the molecule is CNCCc1nc(COC)cc(C(C)C)n1. The van der Waals surface area contributed by atoms with Gasteiger partial charge < -0.3 is 10.1 Å². The Morgan fingerprint density at radius 1 is 1.38 bits per heavy atom. The van der Waals surface area contributed by atoms with Gasteiger partial charge in [-0.05, 0) is 19.0 Å². The van der Waals surface area contributed by atoms with Crippen molar-refractivity contribution >= 4 is 0 Å². The van der Waals surface area contributed by atoms with Crippen LogP contribution in [0, 0.1) is 0 Å². The van der Waals surface area contributed by atoms with Gasteiger partial charge in [-0.2, -0.15) is 0 Å². The van der Waals surface area contributed by atoms with Crippen molar-refractivity contribution in [1.29, 1.82) is 0 Å². The van der Waals surface area contributed by atoms with E-state index in [0.29, 0.717) is 12.5 Å². The second-order valence-corrected chi connectivity index (χ2v) is 4.14. The molecule has 0 aromatic carbocycles. The zero-order valence-electron chi connectivity index (χ0n) is 10.6. The van der Waals surface area contributed by atoms with Gasteiger partial charge in [0.05, 0.1) is 12.3 Å². The molecule has 1 aromatic heterocycles. The lowest BCUT2D eigenvalue weighted by atomic mass is 10.1. The average molecular weight is 223 g/mol. The van der Waals surface area contributed by atoms with Gasteiger partial charge in [0.25, 0.3) is 0 Å². The van der Waals surface area contributed by atoms with Gasteiger partial charge >= 0.3 is 0 Å². The molecule has 0 saturated heterocycles. The number of methoxy groups -OCH3 is 1. The van der Waals surface area contributed by atoms with E-state index in [1.807, 2.05) is 13.1 Å². The maximum absolute atomic E-state index is 5.12. The number of nitrogens with one attached hydrogen (secondary N) is 1. The fourth-order valence-electron chi connectivity index (χ4n) is 1.44. The molecule has 1 aromatic rings. The molecule has 16 heavy (non-hydrogen) atoms. The highest BCUT2D eigenvalue weighted by molar-refractivity contribution is 5.14. The lowest BCUT2D eigenvalue weighted by molar-refractivity contribution is 0.181. The topological polar surface area (TPSA) is 47.0 Å². The van der Waals surface area contributed by atoms with Crippen LogP contribution in [0.3, 0.4) is 0 Å². The minimum atomic E-state index is 0.423. The van der Waals surface area contributed by atoms with Crippen molar-refractivity contribution in [1.82, 2.24) is 15.3 Å². The first-order valence-corrected chi connectivity index (χ1v) is 5.67. The smallest absolute Gasteiger partial charge is 0.130 e. The summed E-state index contributed by atoms with van der Waals surface area (Å²) in [5.41, 5.74) is 2.06. The molecule has 0 saturated carbocycles. The third-order valence-electron chi connectivity index (χ3n) is 2.33. The highest BCUT2D eigenvalue weighted by atomic mass is 16.5. The van der Waals surface area contributed by atoms with Crippen molar-refractivity contribution in [3.05, 3.63) is 23.3 Å². The molecule has 4 heteroatoms. The van der Waals surface area contributed by atoms with Crippen LogP contribution in [0.25, 0.3) is 0 Å². The normalized spacial score (nSPS) is 11.1. The third-order valence-corrected chi connectivity index (χ3v) is 2.33. The molecule has 0 atom stereocenters. The molecule has 4 nitrogen and oxygen atoms in total. The molecule has 0 unspecified atom stereocenters. The van der Waals surface area contributed by atoms with Crippen LogP contribution in [-0.2, 0) is 17.8 Å². The summed E-state index contributed by atoms with van der Waals surface area (Å²) in [6.45, 7) is 5.73. The standard InChI is InChI=1S/C12H21N3O/c1-9(2)11-7-10(8-16-4)14-12(15-11)5-6-13-3/h7,9,13H,5-6,8H2,1-4H3. The molecule has 90 valence electrons. The molecule has 1 N–H and O–H groups in total. The molecule has 0 bridgehead atoms. The molecular weight excluding hydrogens is 202 g/mol. The Kier molecular flexibility index (Phi) is 5.35. The van der Waals surface area contributed by atoms with Crippen LogP contribution in [-0.4, -0.2) is 30.7 Å². The first kappa shape index (κ1) is 13.1. The molecule has 0 amide bonds. The Morgan fingerprint density at radius 3 is 2.69 bits per heavy atom. The molecule has 0 aliphatic carbocycles. The van der Waals surface area contributed by atoms with Gasteiger partial charge in [-0.15, -0.1) is 0 Å². The highest BCUT2D eigenvalue weighted by Gasteiger charge is 2.07. The highest BCUT2D eigenvalue weighted by Crippen LogP contribution is 2.13. The molecule has 1 heterocycles. The Bertz CT molecular complexity index is 326. The summed E-state index contributed by atoms with van der Waals surface area (Å²) in [6, 6.07) is 2.02. The quantitative estimate of drug-likeness (QED) is 0.794. The van der Waals surface area contributed by atoms with Crippen LogP contribution in [0.5, 0.6) is 0 Å². The van der Waals surface area contributed by atoms with Gasteiger partial charge in [0, 0.05) is 25.8 Å². The van der Waals surface area contributed by atoms with E-state index in [9.17, 15) is 0 Å². The third kappa shape index (κ3) is 3.87. The molecule has 0 aliphatic rings. The summed E-state index contributed by atoms with van der Waals surface area (Å²) in [6.07, 6.45) is 0.855. The number of ether oxygens (including phenoxy) is 1. The van der Waals surface area contributed by atoms with Crippen molar-refractivity contribution in [3.63, 3.8) is 0 Å². The molecular formula is C12H21N3O. The van der Waals surface area contributed by atoms with E-state index in [-0.39, 0.29) is 0 Å². The summed E-state index contributed by atoms with van der Waals surface area (Å²) < 4.78 is 5.12. The molecule has 0 fully saturated rings. The lowest BCUT2D eigenvalue weighted by Gasteiger charge is -2.09. The summed E-state index contributed by atoms with van der Waals surface area (Å²) in [5.74, 6) is 1.32. The van der Waals surface area contributed by atoms with Crippen molar-refractivity contribution in [2.75, 3.05) is 20.7 Å². The zero-order valence-corrected chi connectivity index (χ0v) is 10.6. The lowest BCUT2D eigenvalue weighted by Crippen LogP contribution is -2.14. The second kappa shape index (κ2) is 6.55.